The van der Waals surface area contributed by atoms with Crippen LogP contribution in [-0.2, 0) is 16.6 Å². The van der Waals surface area contributed by atoms with E-state index < -0.39 is 0 Å². The third-order valence-electron chi connectivity index (χ3n) is 13.6. The number of rotatable bonds is 4. The molecule has 9 atom stereocenters. The second kappa shape index (κ2) is 8.52. The minimum atomic E-state index is -0.102. The highest BCUT2D eigenvalue weighted by molar-refractivity contribution is 5.95. The van der Waals surface area contributed by atoms with E-state index in [0.717, 1.165) is 38.0 Å². The van der Waals surface area contributed by atoms with Gasteiger partial charge in [0.2, 0.25) is 0 Å². The quantitative estimate of drug-likeness (QED) is 0.467. The Bertz CT molecular complexity index is 1150. The normalized spacial score (nSPS) is 47.2. The molecular formula is C33H50N2O3. The Kier molecular flexibility index (Phi) is 6.00. The smallest absolute Gasteiger partial charge is 0.159 e. The molecule has 5 aliphatic carbocycles. The molecule has 0 aromatic carbocycles. The van der Waals surface area contributed by atoms with E-state index in [4.69, 9.17) is 4.52 Å². The van der Waals surface area contributed by atoms with Gasteiger partial charge in [0.05, 0.1) is 12.8 Å². The van der Waals surface area contributed by atoms with Crippen LogP contribution in [0.4, 0.5) is 0 Å². The average Bonchev–Trinajstić information content (AvgIpc) is 3.33. The van der Waals surface area contributed by atoms with Crippen LogP contribution in [0, 0.1) is 51.2 Å². The molecule has 2 N–H and O–H groups in total. The number of fused-ring (bicyclic) bond motifs is 8. The Morgan fingerprint density at radius 1 is 1.08 bits per heavy atom. The maximum absolute atomic E-state index is 14.6. The van der Waals surface area contributed by atoms with Gasteiger partial charge in [0.15, 0.2) is 5.78 Å². The highest BCUT2D eigenvalue weighted by Crippen LogP contribution is 2.74. The zero-order valence-electron chi connectivity index (χ0n) is 24.8. The van der Waals surface area contributed by atoms with Crippen molar-refractivity contribution in [3.8, 4) is 0 Å². The molecule has 0 saturated heterocycles. The average molecular weight is 523 g/mol. The highest BCUT2D eigenvalue weighted by atomic mass is 16.5. The number of nitrogens with zero attached hydrogens (tertiary/aromatic N) is 1. The molecule has 0 radical (unpaired) electrons. The second-order valence-corrected chi connectivity index (χ2v) is 15.4. The van der Waals surface area contributed by atoms with Crippen LogP contribution in [-0.4, -0.2) is 35.7 Å². The van der Waals surface area contributed by atoms with Gasteiger partial charge in [0.25, 0.3) is 0 Å². The number of aliphatic hydroxyl groups excluding tert-OH is 1. The second-order valence-electron chi connectivity index (χ2n) is 15.4. The van der Waals surface area contributed by atoms with Crippen molar-refractivity contribution in [3.63, 3.8) is 0 Å². The van der Waals surface area contributed by atoms with Crippen molar-refractivity contribution in [3.05, 3.63) is 29.2 Å². The van der Waals surface area contributed by atoms with E-state index >= 15 is 0 Å². The van der Waals surface area contributed by atoms with Crippen molar-refractivity contribution in [1.29, 1.82) is 0 Å². The molecule has 1 aromatic heterocycles. The number of nitrogens with one attached hydrogen (secondary N) is 1. The van der Waals surface area contributed by atoms with Gasteiger partial charge in [-0.15, -0.1) is 0 Å². The molecule has 5 aliphatic rings. The molecule has 0 amide bonds. The fraction of sp³-hybridized carbons (Fsp3) is 0.818. The number of aromatic nitrogens is 1. The maximum atomic E-state index is 14.6. The molecule has 0 unspecified atom stereocenters. The minimum Gasteiger partial charge on any atom is -0.395 e. The summed E-state index contributed by atoms with van der Waals surface area (Å²) in [6.07, 6.45) is 12.0. The SMILES string of the molecule is C[C@@H]1[C@H]2[C@H]3C(=O)C=C4[C@@]5(C)Cc6cnoc6C(C)(C)[C@@H]5CC[C@@]4(C)[C@]3(C)CC[C@@]2(CNCCO)CC[C@H]1C. The van der Waals surface area contributed by atoms with Crippen LogP contribution in [0.25, 0.3) is 0 Å². The number of hydrogen-bond acceptors (Lipinski definition) is 5. The van der Waals surface area contributed by atoms with Crippen LogP contribution < -0.4 is 5.32 Å². The molecule has 1 heterocycles. The molecule has 3 fully saturated rings. The first-order valence-corrected chi connectivity index (χ1v) is 15.4. The summed E-state index contributed by atoms with van der Waals surface area (Å²) in [4.78, 5) is 14.6. The molecule has 210 valence electrons. The molecule has 1 aromatic rings. The van der Waals surface area contributed by atoms with Gasteiger partial charge in [-0.3, -0.25) is 4.79 Å². The molecule has 3 saturated carbocycles. The van der Waals surface area contributed by atoms with Crippen LogP contribution in [0.3, 0.4) is 0 Å². The molecule has 5 heteroatoms. The molecule has 0 bridgehead atoms. The minimum absolute atomic E-state index is 0.00661. The first-order chi connectivity index (χ1) is 17.9. The van der Waals surface area contributed by atoms with Crippen molar-refractivity contribution in [1.82, 2.24) is 10.5 Å². The van der Waals surface area contributed by atoms with Gasteiger partial charge in [-0.2, -0.15) is 0 Å². The third kappa shape index (κ3) is 3.24. The lowest BCUT2D eigenvalue weighted by atomic mass is 9.33. The number of carbonyl (C=O) groups is 1. The summed E-state index contributed by atoms with van der Waals surface area (Å²) >= 11 is 0. The Morgan fingerprint density at radius 2 is 1.84 bits per heavy atom. The summed E-state index contributed by atoms with van der Waals surface area (Å²) < 4.78 is 5.83. The first kappa shape index (κ1) is 26.7. The first-order valence-electron chi connectivity index (χ1n) is 15.4. The van der Waals surface area contributed by atoms with E-state index in [2.05, 4.69) is 65.0 Å². The lowest BCUT2D eigenvalue weighted by Gasteiger charge is -2.70. The molecule has 6 rings (SSSR count). The zero-order valence-corrected chi connectivity index (χ0v) is 24.8. The summed E-state index contributed by atoms with van der Waals surface area (Å²) in [7, 11) is 0. The lowest BCUT2D eigenvalue weighted by molar-refractivity contribution is -0.176. The van der Waals surface area contributed by atoms with Gasteiger partial charge in [0, 0.05) is 30.0 Å². The van der Waals surface area contributed by atoms with Crippen LogP contribution in [0.15, 0.2) is 22.4 Å². The van der Waals surface area contributed by atoms with E-state index in [1.54, 1.807) is 0 Å². The van der Waals surface area contributed by atoms with Crippen LogP contribution in [0.5, 0.6) is 0 Å². The van der Waals surface area contributed by atoms with Crippen molar-refractivity contribution in [2.45, 2.75) is 98.8 Å². The fourth-order valence-electron chi connectivity index (χ4n) is 11.4. The van der Waals surface area contributed by atoms with Crippen LogP contribution in [0.2, 0.25) is 0 Å². The Hall–Kier alpha value is -1.46. The Morgan fingerprint density at radius 3 is 2.58 bits per heavy atom. The number of ketones is 1. The summed E-state index contributed by atoms with van der Waals surface area (Å²) in [5, 5.41) is 17.3. The molecular weight excluding hydrogens is 472 g/mol. The predicted octanol–water partition coefficient (Wildman–Crippen LogP) is 6.11. The van der Waals surface area contributed by atoms with E-state index in [0.29, 0.717) is 36.0 Å². The zero-order chi connectivity index (χ0) is 27.3. The Labute approximate surface area is 229 Å². The van der Waals surface area contributed by atoms with E-state index in [-0.39, 0.29) is 39.6 Å². The van der Waals surface area contributed by atoms with E-state index in [1.807, 2.05) is 6.20 Å². The van der Waals surface area contributed by atoms with Gasteiger partial charge in [-0.25, -0.2) is 0 Å². The van der Waals surface area contributed by atoms with Crippen molar-refractivity contribution in [2.24, 2.45) is 51.2 Å². The summed E-state index contributed by atoms with van der Waals surface area (Å²) in [6.45, 7) is 18.7. The predicted molar refractivity (Wildman–Crippen MR) is 150 cm³/mol. The van der Waals surface area contributed by atoms with Crippen molar-refractivity contribution < 1.29 is 14.4 Å². The van der Waals surface area contributed by atoms with Gasteiger partial charge in [-0.1, -0.05) is 59.2 Å². The molecule has 5 nitrogen and oxygen atoms in total. The highest BCUT2D eigenvalue weighted by Gasteiger charge is 2.70. The van der Waals surface area contributed by atoms with Crippen LogP contribution >= 0.6 is 0 Å². The fourth-order valence-corrected chi connectivity index (χ4v) is 11.4. The Balaban J connectivity index is 1.47. The van der Waals surface area contributed by atoms with Gasteiger partial charge >= 0.3 is 0 Å². The number of allylic oxidation sites excluding steroid dienone is 2. The summed E-state index contributed by atoms with van der Waals surface area (Å²) in [6, 6.07) is 0. The van der Waals surface area contributed by atoms with Gasteiger partial charge in [-0.05, 0) is 96.4 Å². The van der Waals surface area contributed by atoms with Crippen molar-refractivity contribution >= 4 is 5.78 Å². The molecule has 38 heavy (non-hydrogen) atoms. The van der Waals surface area contributed by atoms with Gasteiger partial charge < -0.3 is 14.9 Å². The number of carbonyl (C=O) groups excluding carboxylic acids is 1. The van der Waals surface area contributed by atoms with E-state index in [1.165, 1.54) is 30.4 Å². The largest absolute Gasteiger partial charge is 0.395 e. The topological polar surface area (TPSA) is 75.4 Å². The standard InChI is InChI=1S/C33H50N2O3/c1-20-8-11-33(19-34-14-15-36)13-12-32(7)27(26(33)21(20)2)23(37)16-25-30(5)17-22-18-35-38-28(22)29(3,4)24(30)9-10-31(25,32)6/h16,18,20-21,24,26-27,34,36H,8-15,17,19H2,1-7H3/t20-,21+,24+,26+,27-,30+,31-,32-,33-/m1/s1. The van der Waals surface area contributed by atoms with Gasteiger partial charge in [0.1, 0.15) is 5.76 Å². The van der Waals surface area contributed by atoms with Crippen molar-refractivity contribution in [2.75, 3.05) is 19.7 Å². The molecule has 0 aliphatic heterocycles. The monoisotopic (exact) mass is 522 g/mol. The van der Waals surface area contributed by atoms with Crippen LogP contribution in [0.1, 0.15) is 98.3 Å². The number of aliphatic hydroxyl groups is 1. The lowest BCUT2D eigenvalue weighted by Crippen LogP contribution is -2.66. The summed E-state index contributed by atoms with van der Waals surface area (Å²) in [5.74, 6) is 3.50. The third-order valence-corrected chi connectivity index (χ3v) is 13.6. The molecule has 0 spiro atoms. The summed E-state index contributed by atoms with van der Waals surface area (Å²) in [5.41, 5.74) is 2.59. The number of hydrogen-bond donors (Lipinski definition) is 2. The maximum Gasteiger partial charge on any atom is 0.159 e. The van der Waals surface area contributed by atoms with E-state index in [9.17, 15) is 9.90 Å².